The zero-order valence-corrected chi connectivity index (χ0v) is 12.0. The second-order valence-corrected chi connectivity index (χ2v) is 4.91. The third-order valence-corrected chi connectivity index (χ3v) is 3.46. The standard InChI is InChI=1S/C17H16FNO3/c18-8-9-19-10-11-21-16-7-6-14(12-15(16)19)22-17(20)13-4-2-1-3-5-13/h1-7,12H,8-11H2/i18-1. The lowest BCUT2D eigenvalue weighted by Crippen LogP contribution is -2.34. The molecule has 0 N–H and O–H groups in total. The normalized spacial score (nSPS) is 13.2. The lowest BCUT2D eigenvalue weighted by molar-refractivity contribution is 0.0734. The summed E-state index contributed by atoms with van der Waals surface area (Å²) in [5.74, 6) is 0.676. The van der Waals surface area contributed by atoms with Crippen LogP contribution in [0.4, 0.5) is 10.1 Å². The summed E-state index contributed by atoms with van der Waals surface area (Å²) in [7, 11) is 0. The fourth-order valence-electron chi connectivity index (χ4n) is 2.39. The molecule has 0 saturated heterocycles. The van der Waals surface area contributed by atoms with Crippen LogP contribution in [-0.4, -0.2) is 32.3 Å². The summed E-state index contributed by atoms with van der Waals surface area (Å²) in [5.41, 5.74) is 1.24. The highest BCUT2D eigenvalue weighted by molar-refractivity contribution is 5.91. The maximum Gasteiger partial charge on any atom is 0.343 e. The summed E-state index contributed by atoms with van der Waals surface area (Å²) in [6.07, 6.45) is 0. The summed E-state index contributed by atoms with van der Waals surface area (Å²) in [5, 5.41) is 0. The molecule has 0 atom stereocenters. The van der Waals surface area contributed by atoms with E-state index >= 15 is 0 Å². The third kappa shape index (κ3) is 3.03. The van der Waals surface area contributed by atoms with Gasteiger partial charge in [0.1, 0.15) is 24.8 Å². The van der Waals surface area contributed by atoms with Crippen molar-refractivity contribution in [3.8, 4) is 11.5 Å². The van der Waals surface area contributed by atoms with E-state index in [1.165, 1.54) is 0 Å². The summed E-state index contributed by atoms with van der Waals surface area (Å²) in [6, 6.07) is 13.9. The van der Waals surface area contributed by atoms with E-state index in [1.54, 1.807) is 42.5 Å². The van der Waals surface area contributed by atoms with E-state index in [-0.39, 0.29) is 0 Å². The van der Waals surface area contributed by atoms with Crippen molar-refractivity contribution in [2.45, 2.75) is 0 Å². The topological polar surface area (TPSA) is 38.8 Å². The summed E-state index contributed by atoms with van der Waals surface area (Å²) in [6.45, 7) is 1.00. The molecule has 22 heavy (non-hydrogen) atoms. The minimum Gasteiger partial charge on any atom is -0.490 e. The van der Waals surface area contributed by atoms with E-state index in [0.29, 0.717) is 36.8 Å². The Morgan fingerprint density at radius 2 is 2.05 bits per heavy atom. The number of carbonyl (C=O) groups is 1. The Bertz CT molecular complexity index is 660. The highest BCUT2D eigenvalue weighted by atomic mass is 18.2. The predicted octanol–water partition coefficient (Wildman–Crippen LogP) is 3.07. The van der Waals surface area contributed by atoms with Gasteiger partial charge in [-0.25, -0.2) is 9.18 Å². The van der Waals surface area contributed by atoms with Gasteiger partial charge in [0.2, 0.25) is 0 Å². The number of alkyl halides is 1. The Morgan fingerprint density at radius 1 is 1.23 bits per heavy atom. The number of ether oxygens (including phenoxy) is 2. The van der Waals surface area contributed by atoms with Gasteiger partial charge in [0.05, 0.1) is 17.8 Å². The number of benzene rings is 2. The van der Waals surface area contributed by atoms with Crippen LogP contribution >= 0.6 is 0 Å². The first kappa shape index (κ1) is 14.4. The van der Waals surface area contributed by atoms with E-state index in [9.17, 15) is 9.18 Å². The van der Waals surface area contributed by atoms with Crippen LogP contribution in [0.15, 0.2) is 48.5 Å². The molecule has 0 bridgehead atoms. The second kappa shape index (κ2) is 6.47. The number of carbonyl (C=O) groups excluding carboxylic acids is 1. The zero-order chi connectivity index (χ0) is 15.4. The Morgan fingerprint density at radius 3 is 2.82 bits per heavy atom. The van der Waals surface area contributed by atoms with Crippen LogP contribution in [-0.2, 0) is 0 Å². The van der Waals surface area contributed by atoms with Gasteiger partial charge in [0.25, 0.3) is 0 Å². The zero-order valence-electron chi connectivity index (χ0n) is 12.0. The number of hydrogen-bond acceptors (Lipinski definition) is 4. The molecule has 4 nitrogen and oxygen atoms in total. The van der Waals surface area contributed by atoms with E-state index < -0.39 is 12.6 Å². The maximum absolute atomic E-state index is 12.6. The van der Waals surface area contributed by atoms with Gasteiger partial charge in [-0.1, -0.05) is 18.2 Å². The monoisotopic (exact) mass is 300 g/mol. The Balaban J connectivity index is 1.81. The van der Waals surface area contributed by atoms with Crippen molar-refractivity contribution >= 4 is 11.7 Å². The smallest absolute Gasteiger partial charge is 0.343 e. The van der Waals surface area contributed by atoms with E-state index in [4.69, 9.17) is 9.47 Å². The van der Waals surface area contributed by atoms with Gasteiger partial charge < -0.3 is 14.4 Å². The molecule has 0 aromatic heterocycles. The van der Waals surface area contributed by atoms with Crippen molar-refractivity contribution < 1.29 is 18.7 Å². The average molecular weight is 300 g/mol. The van der Waals surface area contributed by atoms with Crippen LogP contribution in [0.25, 0.3) is 0 Å². The SMILES string of the molecule is O=C(Oc1ccc2c(c1)N(CC[18F])CCO2)c1ccccc1. The van der Waals surface area contributed by atoms with Crippen LogP contribution < -0.4 is 14.4 Å². The van der Waals surface area contributed by atoms with Gasteiger partial charge in [-0.15, -0.1) is 0 Å². The van der Waals surface area contributed by atoms with E-state index in [1.807, 2.05) is 11.0 Å². The fraction of sp³-hybridized carbons (Fsp3) is 0.235. The minimum absolute atomic E-state index is 0.298. The van der Waals surface area contributed by atoms with Crippen molar-refractivity contribution in [1.29, 1.82) is 0 Å². The molecule has 114 valence electrons. The van der Waals surface area contributed by atoms with Crippen LogP contribution in [0.3, 0.4) is 0 Å². The molecule has 2 aromatic carbocycles. The minimum atomic E-state index is -0.437. The van der Waals surface area contributed by atoms with Crippen LogP contribution in [0.5, 0.6) is 11.5 Å². The summed E-state index contributed by atoms with van der Waals surface area (Å²) >= 11 is 0. The largest absolute Gasteiger partial charge is 0.490 e. The van der Waals surface area contributed by atoms with Crippen LogP contribution in [0.1, 0.15) is 10.4 Å². The Hall–Kier alpha value is -2.56. The number of halogens is 1. The van der Waals surface area contributed by atoms with Gasteiger partial charge >= 0.3 is 5.97 Å². The first-order chi connectivity index (χ1) is 10.8. The number of rotatable bonds is 4. The van der Waals surface area contributed by atoms with Gasteiger partial charge in [-0.05, 0) is 24.3 Å². The van der Waals surface area contributed by atoms with Gasteiger partial charge in [0, 0.05) is 12.6 Å². The Kier molecular flexibility index (Phi) is 4.23. The van der Waals surface area contributed by atoms with Gasteiger partial charge in [-0.3, -0.25) is 0 Å². The molecule has 5 heteroatoms. The van der Waals surface area contributed by atoms with Crippen molar-refractivity contribution in [3.05, 3.63) is 54.1 Å². The quantitative estimate of drug-likeness (QED) is 0.642. The number of fused-ring (bicyclic) bond motifs is 1. The van der Waals surface area contributed by atoms with E-state index in [0.717, 1.165) is 5.69 Å². The summed E-state index contributed by atoms with van der Waals surface area (Å²) in [4.78, 5) is 13.9. The molecular weight excluding hydrogens is 284 g/mol. The van der Waals surface area contributed by atoms with Gasteiger partial charge in [0.15, 0.2) is 0 Å². The molecule has 0 spiro atoms. The molecule has 3 rings (SSSR count). The summed E-state index contributed by atoms with van der Waals surface area (Å²) < 4.78 is 23.6. The maximum atomic E-state index is 12.6. The lowest BCUT2D eigenvalue weighted by Gasteiger charge is -2.30. The number of esters is 1. The fourth-order valence-corrected chi connectivity index (χ4v) is 2.39. The molecule has 0 aliphatic carbocycles. The highest BCUT2D eigenvalue weighted by Gasteiger charge is 2.19. The molecule has 2 aromatic rings. The lowest BCUT2D eigenvalue weighted by atomic mass is 10.2. The first-order valence-corrected chi connectivity index (χ1v) is 7.13. The van der Waals surface area contributed by atoms with Crippen LogP contribution in [0.2, 0.25) is 0 Å². The van der Waals surface area contributed by atoms with Gasteiger partial charge in [-0.2, -0.15) is 0 Å². The predicted molar refractivity (Wildman–Crippen MR) is 81.5 cm³/mol. The van der Waals surface area contributed by atoms with Crippen molar-refractivity contribution in [3.63, 3.8) is 0 Å². The number of hydrogen-bond donors (Lipinski definition) is 0. The molecule has 0 fully saturated rings. The number of anilines is 1. The molecule has 0 amide bonds. The van der Waals surface area contributed by atoms with Crippen molar-refractivity contribution in [2.24, 2.45) is 0 Å². The second-order valence-electron chi connectivity index (χ2n) is 4.91. The molecule has 0 radical (unpaired) electrons. The van der Waals surface area contributed by atoms with Crippen molar-refractivity contribution in [1.82, 2.24) is 0 Å². The molecule has 1 aliphatic rings. The molecule has 1 aliphatic heterocycles. The molecular formula is C17H16FNO3. The Labute approximate surface area is 128 Å². The molecule has 0 saturated carbocycles. The van der Waals surface area contributed by atoms with E-state index in [2.05, 4.69) is 0 Å². The van der Waals surface area contributed by atoms with Crippen molar-refractivity contribution in [2.75, 3.05) is 31.3 Å². The first-order valence-electron chi connectivity index (χ1n) is 7.13. The number of nitrogens with zero attached hydrogens (tertiary/aromatic N) is 1. The molecule has 0 unspecified atom stereocenters. The molecule has 1 heterocycles. The third-order valence-electron chi connectivity index (χ3n) is 3.46. The van der Waals surface area contributed by atoms with Crippen LogP contribution in [0, 0.1) is 0 Å². The highest BCUT2D eigenvalue weighted by Crippen LogP contribution is 2.35. The average Bonchev–Trinajstić information content (AvgIpc) is 2.56.